The Bertz CT molecular complexity index is 1360. The molecule has 4 rings (SSSR count). The quantitative estimate of drug-likeness (QED) is 0.375. The largest absolute Gasteiger partial charge is 0.350 e. The van der Waals surface area contributed by atoms with Gasteiger partial charge in [-0.3, -0.25) is 14.4 Å². The van der Waals surface area contributed by atoms with Crippen LogP contribution in [0.1, 0.15) is 41.3 Å². The zero-order valence-corrected chi connectivity index (χ0v) is 20.9. The highest BCUT2D eigenvalue weighted by atomic mass is 35.5. The van der Waals surface area contributed by atoms with Crippen molar-refractivity contribution in [2.75, 3.05) is 15.5 Å². The smallest absolute Gasteiger partial charge is 0.283 e. The van der Waals surface area contributed by atoms with Crippen molar-refractivity contribution in [2.24, 2.45) is 0 Å². The van der Waals surface area contributed by atoms with Crippen LogP contribution in [-0.2, 0) is 9.59 Å². The maximum atomic E-state index is 13.1. The van der Waals surface area contributed by atoms with Crippen molar-refractivity contribution in [1.82, 2.24) is 0 Å². The summed E-state index contributed by atoms with van der Waals surface area (Å²) in [7, 11) is 0. The molecule has 3 aromatic carbocycles. The molecule has 0 saturated carbocycles. The molecule has 0 aliphatic carbocycles. The van der Waals surface area contributed by atoms with Gasteiger partial charge in [-0.2, -0.15) is 0 Å². The van der Waals surface area contributed by atoms with E-state index in [0.717, 1.165) is 16.2 Å². The highest BCUT2D eigenvalue weighted by Crippen LogP contribution is 2.34. The number of hydrogen-bond donors (Lipinski definition) is 2. The standard InChI is InChI=1S/C27H23Cl2N3O3/c1-15(2)19-7-4-5-9-21(19)31-25(33)17-11-13-18(14-12-17)30-24-23(29)26(34)32(27(24)35)22-10-6-8-20(28)16(22)3/h4-15,30H,1-3H3,(H,31,33). The van der Waals surface area contributed by atoms with E-state index in [1.165, 1.54) is 0 Å². The summed E-state index contributed by atoms with van der Waals surface area (Å²) in [5.74, 6) is -1.21. The number of nitrogens with zero attached hydrogens (tertiary/aromatic N) is 1. The second kappa shape index (κ2) is 9.94. The molecule has 2 N–H and O–H groups in total. The minimum atomic E-state index is -0.635. The van der Waals surface area contributed by atoms with Crippen molar-refractivity contribution < 1.29 is 14.4 Å². The van der Waals surface area contributed by atoms with E-state index in [1.54, 1.807) is 49.4 Å². The summed E-state index contributed by atoms with van der Waals surface area (Å²) in [6.07, 6.45) is 0. The molecule has 0 bridgehead atoms. The number of rotatable bonds is 6. The Morgan fingerprint density at radius 3 is 2.26 bits per heavy atom. The van der Waals surface area contributed by atoms with Crippen LogP contribution >= 0.6 is 23.2 Å². The minimum Gasteiger partial charge on any atom is -0.350 e. The first-order valence-corrected chi connectivity index (χ1v) is 11.8. The third-order valence-corrected chi connectivity index (χ3v) is 6.51. The normalized spacial score (nSPS) is 13.6. The molecular weight excluding hydrogens is 485 g/mol. The van der Waals surface area contributed by atoms with E-state index in [0.29, 0.717) is 27.5 Å². The molecule has 0 fully saturated rings. The topological polar surface area (TPSA) is 78.5 Å². The van der Waals surface area contributed by atoms with Crippen LogP contribution in [0.5, 0.6) is 0 Å². The Balaban J connectivity index is 1.51. The first-order chi connectivity index (χ1) is 16.7. The highest BCUT2D eigenvalue weighted by molar-refractivity contribution is 6.53. The average molecular weight is 508 g/mol. The Morgan fingerprint density at radius 2 is 1.57 bits per heavy atom. The molecule has 0 aromatic heterocycles. The lowest BCUT2D eigenvalue weighted by molar-refractivity contribution is -0.120. The molecule has 3 amide bonds. The second-order valence-electron chi connectivity index (χ2n) is 8.42. The number of halogens is 2. The predicted octanol–water partition coefficient (Wildman–Crippen LogP) is 6.46. The zero-order chi connectivity index (χ0) is 25.3. The van der Waals surface area contributed by atoms with E-state index >= 15 is 0 Å². The van der Waals surface area contributed by atoms with Gasteiger partial charge in [0.15, 0.2) is 0 Å². The number of benzene rings is 3. The number of carbonyl (C=O) groups is 3. The van der Waals surface area contributed by atoms with Gasteiger partial charge in [0.25, 0.3) is 17.7 Å². The number of hydrogen-bond acceptors (Lipinski definition) is 4. The van der Waals surface area contributed by atoms with Crippen molar-refractivity contribution in [3.63, 3.8) is 0 Å². The maximum Gasteiger partial charge on any atom is 0.283 e. The SMILES string of the molecule is Cc1c(Cl)cccc1N1C(=O)C(Cl)=C(Nc2ccc(C(=O)Nc3ccccc3C(C)C)cc2)C1=O. The van der Waals surface area contributed by atoms with Crippen molar-refractivity contribution >= 4 is 58.0 Å². The third-order valence-electron chi connectivity index (χ3n) is 5.75. The molecule has 0 atom stereocenters. The summed E-state index contributed by atoms with van der Waals surface area (Å²) in [5, 5.41) is 6.08. The van der Waals surface area contributed by atoms with Crippen LogP contribution in [0.25, 0.3) is 0 Å². The van der Waals surface area contributed by atoms with Gasteiger partial charge in [0.1, 0.15) is 10.7 Å². The van der Waals surface area contributed by atoms with Crippen molar-refractivity contribution in [2.45, 2.75) is 26.7 Å². The molecule has 0 saturated heterocycles. The maximum absolute atomic E-state index is 13.1. The number of para-hydroxylation sites is 1. The monoisotopic (exact) mass is 507 g/mol. The number of imide groups is 1. The molecule has 8 heteroatoms. The molecule has 6 nitrogen and oxygen atoms in total. The Kier molecular flexibility index (Phi) is 6.96. The minimum absolute atomic E-state index is 0.0425. The van der Waals surface area contributed by atoms with Crippen LogP contribution in [0, 0.1) is 6.92 Å². The fraction of sp³-hybridized carbons (Fsp3) is 0.148. The summed E-state index contributed by atoms with van der Waals surface area (Å²) in [4.78, 5) is 39.6. The molecule has 0 spiro atoms. The summed E-state index contributed by atoms with van der Waals surface area (Å²) in [6, 6.07) is 19.2. The molecule has 35 heavy (non-hydrogen) atoms. The highest BCUT2D eigenvalue weighted by Gasteiger charge is 2.39. The van der Waals surface area contributed by atoms with E-state index in [1.807, 2.05) is 24.3 Å². The van der Waals surface area contributed by atoms with Crippen LogP contribution in [-0.4, -0.2) is 17.7 Å². The van der Waals surface area contributed by atoms with Gasteiger partial charge >= 0.3 is 0 Å². The van der Waals surface area contributed by atoms with Gasteiger partial charge in [0, 0.05) is 22.0 Å². The van der Waals surface area contributed by atoms with Gasteiger partial charge in [-0.25, -0.2) is 4.90 Å². The van der Waals surface area contributed by atoms with E-state index in [9.17, 15) is 14.4 Å². The van der Waals surface area contributed by atoms with Gasteiger partial charge in [0.05, 0.1) is 5.69 Å². The first-order valence-electron chi connectivity index (χ1n) is 11.0. The second-order valence-corrected chi connectivity index (χ2v) is 9.20. The van der Waals surface area contributed by atoms with Crippen LogP contribution in [0.4, 0.5) is 17.1 Å². The average Bonchev–Trinajstić information content (AvgIpc) is 3.04. The first kappa shape index (κ1) is 24.5. The van der Waals surface area contributed by atoms with Crippen LogP contribution in [0.15, 0.2) is 77.5 Å². The molecule has 0 unspecified atom stereocenters. The lowest BCUT2D eigenvalue weighted by Crippen LogP contribution is -2.32. The molecule has 1 aliphatic rings. The van der Waals surface area contributed by atoms with Crippen LogP contribution in [0.3, 0.4) is 0 Å². The number of nitrogens with one attached hydrogen (secondary N) is 2. The fourth-order valence-electron chi connectivity index (χ4n) is 3.83. The molecule has 178 valence electrons. The summed E-state index contributed by atoms with van der Waals surface area (Å²) in [5.41, 5.74) is 3.68. The van der Waals surface area contributed by atoms with E-state index in [-0.39, 0.29) is 22.6 Å². The summed E-state index contributed by atoms with van der Waals surface area (Å²) < 4.78 is 0. The van der Waals surface area contributed by atoms with Crippen molar-refractivity contribution in [3.05, 3.63) is 99.2 Å². The Labute approximate surface area is 213 Å². The fourth-order valence-corrected chi connectivity index (χ4v) is 4.21. The number of amides is 3. The van der Waals surface area contributed by atoms with Crippen molar-refractivity contribution in [3.8, 4) is 0 Å². The number of anilines is 3. The van der Waals surface area contributed by atoms with Gasteiger partial charge in [-0.1, -0.05) is 61.3 Å². The van der Waals surface area contributed by atoms with Gasteiger partial charge in [-0.05, 0) is 66.4 Å². The van der Waals surface area contributed by atoms with Gasteiger partial charge in [-0.15, -0.1) is 0 Å². The van der Waals surface area contributed by atoms with Crippen LogP contribution < -0.4 is 15.5 Å². The lowest BCUT2D eigenvalue weighted by atomic mass is 10.0. The molecule has 1 aliphatic heterocycles. The molecule has 0 radical (unpaired) electrons. The van der Waals surface area contributed by atoms with E-state index in [4.69, 9.17) is 23.2 Å². The zero-order valence-electron chi connectivity index (χ0n) is 19.4. The van der Waals surface area contributed by atoms with Crippen LogP contribution in [0.2, 0.25) is 5.02 Å². The molecule has 1 heterocycles. The van der Waals surface area contributed by atoms with Gasteiger partial charge < -0.3 is 10.6 Å². The molecular formula is C27H23Cl2N3O3. The number of carbonyl (C=O) groups excluding carboxylic acids is 3. The summed E-state index contributed by atoms with van der Waals surface area (Å²) in [6.45, 7) is 5.85. The Hall–Kier alpha value is -3.61. The summed E-state index contributed by atoms with van der Waals surface area (Å²) >= 11 is 12.4. The lowest BCUT2D eigenvalue weighted by Gasteiger charge is -2.18. The van der Waals surface area contributed by atoms with E-state index < -0.39 is 11.8 Å². The predicted molar refractivity (Wildman–Crippen MR) is 140 cm³/mol. The molecule has 3 aromatic rings. The van der Waals surface area contributed by atoms with E-state index in [2.05, 4.69) is 24.5 Å². The third kappa shape index (κ3) is 4.81. The van der Waals surface area contributed by atoms with Gasteiger partial charge in [0.2, 0.25) is 0 Å². The van der Waals surface area contributed by atoms with Crippen molar-refractivity contribution in [1.29, 1.82) is 0 Å². The Morgan fingerprint density at radius 1 is 0.886 bits per heavy atom.